The molecule has 0 radical (unpaired) electrons. The first kappa shape index (κ1) is 33.9. The molecular formula is C38H44O6. The number of para-hydroxylation sites is 2. The van der Waals surface area contributed by atoms with Gasteiger partial charge in [-0.05, 0) is 77.9 Å². The van der Waals surface area contributed by atoms with Gasteiger partial charge in [0.15, 0.2) is 0 Å². The summed E-state index contributed by atoms with van der Waals surface area (Å²) in [6.45, 7) is 8.46. The van der Waals surface area contributed by atoms with Gasteiger partial charge in [-0.2, -0.15) is 0 Å². The fraction of sp³-hybridized carbons (Fsp3) is 0.316. The minimum absolute atomic E-state index is 0.0637. The summed E-state index contributed by atoms with van der Waals surface area (Å²) in [5.41, 5.74) is 2.47. The lowest BCUT2D eigenvalue weighted by molar-refractivity contribution is 0.0683. The number of ether oxygens (including phenoxy) is 2. The molecule has 0 spiro atoms. The van der Waals surface area contributed by atoms with Crippen LogP contribution in [0.1, 0.15) is 98.1 Å². The van der Waals surface area contributed by atoms with Gasteiger partial charge >= 0.3 is 11.9 Å². The molecule has 0 atom stereocenters. The number of carboxylic acid groups (broad SMARTS) is 2. The van der Waals surface area contributed by atoms with Crippen molar-refractivity contribution in [2.24, 2.45) is 0 Å². The quantitative estimate of drug-likeness (QED) is 0.149. The lowest BCUT2D eigenvalue weighted by atomic mass is 9.86. The van der Waals surface area contributed by atoms with Crippen LogP contribution >= 0.6 is 0 Å². The Balaban J connectivity index is 0.000000244. The van der Waals surface area contributed by atoms with Gasteiger partial charge in [-0.15, -0.1) is 0 Å². The second kappa shape index (κ2) is 16.9. The molecule has 0 unspecified atom stereocenters. The van der Waals surface area contributed by atoms with Crippen molar-refractivity contribution in [2.45, 2.75) is 78.1 Å². The summed E-state index contributed by atoms with van der Waals surface area (Å²) >= 11 is 0. The molecule has 0 saturated heterocycles. The van der Waals surface area contributed by atoms with E-state index in [1.807, 2.05) is 66.7 Å². The largest absolute Gasteiger partial charge is 0.478 e. The van der Waals surface area contributed by atoms with Crippen LogP contribution in [0.2, 0.25) is 0 Å². The topological polar surface area (TPSA) is 93.1 Å². The average molecular weight is 597 g/mol. The molecule has 2 N–H and O–H groups in total. The first-order chi connectivity index (χ1) is 21.1. The van der Waals surface area contributed by atoms with Gasteiger partial charge in [-0.1, -0.05) is 108 Å². The molecule has 0 aliphatic carbocycles. The Bertz CT molecular complexity index is 1470. The molecule has 0 fully saturated rings. The van der Waals surface area contributed by atoms with Crippen LogP contribution in [0.5, 0.6) is 23.0 Å². The Morgan fingerprint density at radius 2 is 1.09 bits per heavy atom. The van der Waals surface area contributed by atoms with E-state index < -0.39 is 11.9 Å². The summed E-state index contributed by atoms with van der Waals surface area (Å²) in [5, 5.41) is 18.6. The van der Waals surface area contributed by atoms with Crippen LogP contribution in [0, 0.1) is 0 Å². The fourth-order valence-electron chi connectivity index (χ4n) is 4.57. The zero-order valence-electron chi connectivity index (χ0n) is 26.2. The van der Waals surface area contributed by atoms with Gasteiger partial charge in [0, 0.05) is 0 Å². The van der Waals surface area contributed by atoms with Crippen LogP contribution in [0.25, 0.3) is 0 Å². The van der Waals surface area contributed by atoms with Crippen LogP contribution in [0.4, 0.5) is 0 Å². The second-order valence-electron chi connectivity index (χ2n) is 11.7. The molecule has 0 aromatic heterocycles. The van der Waals surface area contributed by atoms with E-state index >= 15 is 0 Å². The van der Waals surface area contributed by atoms with Crippen LogP contribution < -0.4 is 9.47 Å². The number of carbonyl (C=O) groups is 2. The molecule has 0 aliphatic rings. The van der Waals surface area contributed by atoms with E-state index in [-0.39, 0.29) is 16.5 Å². The molecule has 4 aromatic carbocycles. The predicted molar refractivity (Wildman–Crippen MR) is 176 cm³/mol. The molecule has 6 heteroatoms. The van der Waals surface area contributed by atoms with E-state index in [0.29, 0.717) is 23.0 Å². The predicted octanol–water partition coefficient (Wildman–Crippen LogP) is 10.6. The van der Waals surface area contributed by atoms with Gasteiger partial charge in [0.25, 0.3) is 0 Å². The molecule has 0 amide bonds. The van der Waals surface area contributed by atoms with Gasteiger partial charge in [0.05, 0.1) is 0 Å². The second-order valence-corrected chi connectivity index (χ2v) is 11.7. The maximum Gasteiger partial charge on any atom is 0.339 e. The van der Waals surface area contributed by atoms with E-state index in [4.69, 9.17) is 9.47 Å². The van der Waals surface area contributed by atoms with Gasteiger partial charge in [0.1, 0.15) is 34.1 Å². The third-order valence-electron chi connectivity index (χ3n) is 7.12. The molecular weight excluding hydrogens is 552 g/mol. The Labute approximate surface area is 261 Å². The van der Waals surface area contributed by atoms with Crippen LogP contribution in [-0.4, -0.2) is 22.2 Å². The van der Waals surface area contributed by atoms with Gasteiger partial charge < -0.3 is 19.7 Å². The molecule has 232 valence electrons. The van der Waals surface area contributed by atoms with Crippen LogP contribution in [0.15, 0.2) is 97.1 Å². The number of carboxylic acids is 2. The SMILES string of the molecule is CC(C)(C)c1ccc(C(=O)O)c(Oc2ccccc2)c1.CCCCCCCCc1ccc(C(=O)O)c(Oc2ccccc2)c1. The van der Waals surface area contributed by atoms with Crippen molar-refractivity contribution in [3.05, 3.63) is 119 Å². The van der Waals surface area contributed by atoms with Gasteiger partial charge in [0.2, 0.25) is 0 Å². The van der Waals surface area contributed by atoms with E-state index in [9.17, 15) is 19.8 Å². The van der Waals surface area contributed by atoms with Crippen molar-refractivity contribution in [1.29, 1.82) is 0 Å². The van der Waals surface area contributed by atoms with Crippen LogP contribution in [0.3, 0.4) is 0 Å². The summed E-state index contributed by atoms with van der Waals surface area (Å²) < 4.78 is 11.5. The summed E-state index contributed by atoms with van der Waals surface area (Å²) in [6.07, 6.45) is 8.44. The monoisotopic (exact) mass is 596 g/mol. The van der Waals surface area contributed by atoms with Crippen molar-refractivity contribution in [1.82, 2.24) is 0 Å². The lowest BCUT2D eigenvalue weighted by Crippen LogP contribution is -2.12. The summed E-state index contributed by atoms with van der Waals surface area (Å²) in [5.74, 6) is 0.106. The van der Waals surface area contributed by atoms with E-state index in [1.54, 1.807) is 30.3 Å². The maximum absolute atomic E-state index is 11.4. The third kappa shape index (κ3) is 10.9. The highest BCUT2D eigenvalue weighted by Gasteiger charge is 2.19. The number of benzene rings is 4. The molecule has 6 nitrogen and oxygen atoms in total. The minimum Gasteiger partial charge on any atom is -0.478 e. The minimum atomic E-state index is -0.989. The van der Waals surface area contributed by atoms with Gasteiger partial charge in [-0.25, -0.2) is 9.59 Å². The highest BCUT2D eigenvalue weighted by Crippen LogP contribution is 2.32. The number of rotatable bonds is 13. The standard InChI is InChI=1S/C21H26O3.C17H18O3/c1-2-3-4-5-6-8-11-17-14-15-19(21(22)23)20(16-17)24-18-12-9-7-10-13-18;1-17(2,3)12-9-10-14(16(18)19)15(11-12)20-13-7-5-4-6-8-13/h7,9-10,12-16H,2-6,8,11H2,1H3,(H,22,23);4-11H,1-3H3,(H,18,19). The average Bonchev–Trinajstić information content (AvgIpc) is 3.00. The molecule has 0 bridgehead atoms. The number of hydrogen-bond donors (Lipinski definition) is 2. The Hall–Kier alpha value is -4.58. The van der Waals surface area contributed by atoms with E-state index in [1.165, 1.54) is 32.1 Å². The van der Waals surface area contributed by atoms with Crippen molar-refractivity contribution >= 4 is 11.9 Å². The number of aryl methyl sites for hydroxylation is 1. The first-order valence-electron chi connectivity index (χ1n) is 15.3. The lowest BCUT2D eigenvalue weighted by Gasteiger charge is -2.20. The van der Waals surface area contributed by atoms with Crippen molar-refractivity contribution in [2.75, 3.05) is 0 Å². The van der Waals surface area contributed by atoms with Crippen molar-refractivity contribution < 1.29 is 29.3 Å². The van der Waals surface area contributed by atoms with Gasteiger partial charge in [-0.3, -0.25) is 0 Å². The number of aromatic carboxylic acids is 2. The summed E-state index contributed by atoms with van der Waals surface area (Å²) in [4.78, 5) is 22.7. The summed E-state index contributed by atoms with van der Waals surface area (Å²) in [7, 11) is 0. The molecule has 4 aromatic rings. The van der Waals surface area contributed by atoms with Crippen molar-refractivity contribution in [3.63, 3.8) is 0 Å². The first-order valence-corrected chi connectivity index (χ1v) is 15.3. The Morgan fingerprint density at radius 1 is 0.614 bits per heavy atom. The van der Waals surface area contributed by atoms with E-state index in [0.717, 1.165) is 24.0 Å². The zero-order valence-corrected chi connectivity index (χ0v) is 26.2. The molecule has 44 heavy (non-hydrogen) atoms. The maximum atomic E-state index is 11.4. The number of unbranched alkanes of at least 4 members (excludes halogenated alkanes) is 5. The molecule has 0 aliphatic heterocycles. The highest BCUT2D eigenvalue weighted by molar-refractivity contribution is 5.91. The van der Waals surface area contributed by atoms with E-state index in [2.05, 4.69) is 27.7 Å². The molecule has 0 saturated carbocycles. The fourth-order valence-corrected chi connectivity index (χ4v) is 4.57. The highest BCUT2D eigenvalue weighted by atomic mass is 16.5. The summed E-state index contributed by atoms with van der Waals surface area (Å²) in [6, 6.07) is 29.1. The zero-order chi connectivity index (χ0) is 32.0. The van der Waals surface area contributed by atoms with Crippen LogP contribution in [-0.2, 0) is 11.8 Å². The van der Waals surface area contributed by atoms with Crippen molar-refractivity contribution in [3.8, 4) is 23.0 Å². The molecule has 0 heterocycles. The Morgan fingerprint density at radius 3 is 1.59 bits per heavy atom. The Kier molecular flexibility index (Phi) is 13.0. The smallest absolute Gasteiger partial charge is 0.339 e. The normalized spacial score (nSPS) is 10.8. The number of hydrogen-bond acceptors (Lipinski definition) is 4. The third-order valence-corrected chi connectivity index (χ3v) is 7.12. The molecule has 4 rings (SSSR count).